The Morgan fingerprint density at radius 3 is 2.40 bits per heavy atom. The number of aromatic nitrogens is 3. The Labute approximate surface area is 318 Å². The second-order valence-corrected chi connectivity index (χ2v) is 15.0. The van der Waals surface area contributed by atoms with Crippen LogP contribution in [0.4, 0.5) is 5.95 Å². The number of carbonyl (C=O) groups is 3. The lowest BCUT2D eigenvalue weighted by molar-refractivity contribution is -0.131. The topological polar surface area (TPSA) is 139 Å². The average Bonchev–Trinajstić information content (AvgIpc) is 3.76. The van der Waals surface area contributed by atoms with Gasteiger partial charge < -0.3 is 29.5 Å². The largest absolute Gasteiger partial charge is 0.495 e. The van der Waals surface area contributed by atoms with Crippen molar-refractivity contribution >= 4 is 57.8 Å². The van der Waals surface area contributed by atoms with Crippen molar-refractivity contribution in [1.29, 1.82) is 0 Å². The molecule has 3 fully saturated rings. The van der Waals surface area contributed by atoms with Crippen molar-refractivity contribution in [2.24, 2.45) is 17.8 Å². The monoisotopic (exact) mass is 765 g/mol. The van der Waals surface area contributed by atoms with Gasteiger partial charge in [0, 0.05) is 86.8 Å². The number of hydrogen-bond acceptors (Lipinski definition) is 10. The molecule has 13 nitrogen and oxygen atoms in total. The number of likely N-dealkylation sites (tertiary alicyclic amines) is 2. The van der Waals surface area contributed by atoms with Crippen LogP contribution < -0.4 is 20.3 Å². The summed E-state index contributed by atoms with van der Waals surface area (Å²) in [5.41, 5.74) is 0.437. The highest BCUT2D eigenvalue weighted by atomic mass is 35.5. The molecule has 0 bridgehead atoms. The average molecular weight is 767 g/mol. The van der Waals surface area contributed by atoms with E-state index >= 15 is 0 Å². The van der Waals surface area contributed by atoms with Gasteiger partial charge in [0.15, 0.2) is 5.78 Å². The van der Waals surface area contributed by atoms with Gasteiger partial charge in [0.1, 0.15) is 17.1 Å². The van der Waals surface area contributed by atoms with Gasteiger partial charge in [-0.05, 0) is 51.4 Å². The lowest BCUT2D eigenvalue weighted by Gasteiger charge is -2.21. The molecule has 3 aliphatic rings. The number of carbonyl (C=O) groups excluding carboxylic acids is 3. The molecule has 1 aliphatic carbocycles. The smallest absolute Gasteiger partial charge is 0.260 e. The number of ketones is 1. The highest BCUT2D eigenvalue weighted by Crippen LogP contribution is 2.45. The molecule has 3 unspecified atom stereocenters. The van der Waals surface area contributed by atoms with Crippen LogP contribution in [0.15, 0.2) is 47.9 Å². The third-order valence-corrected chi connectivity index (χ3v) is 10.9. The number of halogens is 2. The Bertz CT molecular complexity index is 1980. The number of rotatable bonds is 14. The van der Waals surface area contributed by atoms with E-state index in [1.165, 1.54) is 20.3 Å². The molecule has 4 heterocycles. The fraction of sp³-hybridized carbons (Fsp3) is 0.474. The van der Waals surface area contributed by atoms with E-state index in [0.717, 1.165) is 12.8 Å². The maximum absolute atomic E-state index is 14.6. The maximum Gasteiger partial charge on any atom is 0.260 e. The molecule has 2 saturated heterocycles. The van der Waals surface area contributed by atoms with Crippen LogP contribution in [0.5, 0.6) is 11.5 Å². The van der Waals surface area contributed by atoms with Crippen molar-refractivity contribution in [1.82, 2.24) is 29.2 Å². The zero-order valence-corrected chi connectivity index (χ0v) is 32.0. The molecular weight excluding hydrogens is 721 g/mol. The minimum absolute atomic E-state index is 0.0486. The molecule has 1 saturated carbocycles. The second kappa shape index (κ2) is 16.3. The van der Waals surface area contributed by atoms with Gasteiger partial charge in [-0.1, -0.05) is 35.9 Å². The summed E-state index contributed by atoms with van der Waals surface area (Å²) in [7, 11) is 6.80. The van der Waals surface area contributed by atoms with E-state index in [4.69, 9.17) is 37.7 Å². The lowest BCUT2D eigenvalue weighted by atomic mass is 9.97. The second-order valence-electron chi connectivity index (χ2n) is 14.2. The van der Waals surface area contributed by atoms with E-state index in [1.807, 2.05) is 30.0 Å². The molecule has 3 aromatic rings. The first-order valence-electron chi connectivity index (χ1n) is 17.7. The fourth-order valence-corrected chi connectivity index (χ4v) is 7.83. The van der Waals surface area contributed by atoms with Crippen molar-refractivity contribution in [2.45, 2.75) is 38.3 Å². The minimum Gasteiger partial charge on any atom is -0.495 e. The van der Waals surface area contributed by atoms with Crippen LogP contribution in [0.2, 0.25) is 10.0 Å². The zero-order valence-electron chi connectivity index (χ0n) is 30.4. The molecule has 0 spiro atoms. The highest BCUT2D eigenvalue weighted by Gasteiger charge is 2.41. The Kier molecular flexibility index (Phi) is 11.8. The van der Waals surface area contributed by atoms with Crippen LogP contribution in [0.3, 0.4) is 0 Å². The zero-order chi connectivity index (χ0) is 38.0. The number of nitrogens with zero attached hydrogens (tertiary/aromatic N) is 6. The number of amides is 2. The number of allylic oxidation sites excluding steroid dienone is 1. The first-order chi connectivity index (χ1) is 25.4. The Morgan fingerprint density at radius 2 is 1.75 bits per heavy atom. The highest BCUT2D eigenvalue weighted by molar-refractivity contribution is 6.41. The molecule has 2 amide bonds. The third-order valence-electron chi connectivity index (χ3n) is 10.1. The molecule has 2 aromatic heterocycles. The fourth-order valence-electron chi connectivity index (χ4n) is 7.13. The van der Waals surface area contributed by atoms with Gasteiger partial charge in [-0.25, -0.2) is 4.98 Å². The molecule has 1 aromatic carbocycles. The van der Waals surface area contributed by atoms with E-state index in [0.29, 0.717) is 50.2 Å². The molecule has 282 valence electrons. The van der Waals surface area contributed by atoms with Crippen LogP contribution in [0.25, 0.3) is 22.2 Å². The summed E-state index contributed by atoms with van der Waals surface area (Å²) in [6, 6.07) is 2.92. The quantitative estimate of drug-likeness (QED) is 0.233. The predicted octanol–water partition coefficient (Wildman–Crippen LogP) is 4.54. The first kappa shape index (κ1) is 38.3. The summed E-state index contributed by atoms with van der Waals surface area (Å²) in [4.78, 5) is 68.2. The number of likely N-dealkylation sites (N-methyl/N-ethyl adjacent to an activating group) is 1. The molecule has 15 heteroatoms. The van der Waals surface area contributed by atoms with E-state index in [1.54, 1.807) is 33.9 Å². The van der Waals surface area contributed by atoms with Gasteiger partial charge in [0.25, 0.3) is 5.56 Å². The number of methoxy groups -OCH3 is 2. The van der Waals surface area contributed by atoms with Gasteiger partial charge in [0.05, 0.1) is 35.9 Å². The van der Waals surface area contributed by atoms with E-state index in [9.17, 15) is 19.2 Å². The van der Waals surface area contributed by atoms with E-state index < -0.39 is 5.56 Å². The lowest BCUT2D eigenvalue weighted by Crippen LogP contribution is -2.33. The van der Waals surface area contributed by atoms with Gasteiger partial charge in [-0.3, -0.25) is 23.7 Å². The predicted molar refractivity (Wildman–Crippen MR) is 205 cm³/mol. The van der Waals surface area contributed by atoms with Crippen molar-refractivity contribution in [3.63, 3.8) is 0 Å². The number of fused-ring (bicyclic) bond motifs is 1. The summed E-state index contributed by atoms with van der Waals surface area (Å²) in [6.07, 6.45) is 9.03. The van der Waals surface area contributed by atoms with Crippen LogP contribution >= 0.6 is 23.2 Å². The molecular formula is C38H45Cl2N7O6. The molecule has 53 heavy (non-hydrogen) atoms. The summed E-state index contributed by atoms with van der Waals surface area (Å²) in [5.74, 6) is 0.572. The number of pyridine rings is 1. The van der Waals surface area contributed by atoms with Crippen LogP contribution in [0, 0.1) is 17.8 Å². The van der Waals surface area contributed by atoms with Crippen LogP contribution in [-0.4, -0.2) is 114 Å². The molecule has 2 aliphatic heterocycles. The van der Waals surface area contributed by atoms with Crippen molar-refractivity contribution in [3.05, 3.63) is 63.5 Å². The Balaban J connectivity index is 1.38. The third kappa shape index (κ3) is 8.37. The van der Waals surface area contributed by atoms with Gasteiger partial charge in [0.2, 0.25) is 17.8 Å². The number of anilines is 1. The van der Waals surface area contributed by atoms with Gasteiger partial charge >= 0.3 is 0 Å². The number of nitrogens with one attached hydrogen (secondary N) is 1. The summed E-state index contributed by atoms with van der Waals surface area (Å²) in [5, 5.41) is 4.23. The van der Waals surface area contributed by atoms with Crippen molar-refractivity contribution in [2.75, 3.05) is 66.4 Å². The normalized spacial score (nSPS) is 20.1. The Hall–Kier alpha value is -4.46. The first-order valence-corrected chi connectivity index (χ1v) is 18.5. The molecule has 3 atom stereocenters. The Morgan fingerprint density at radius 1 is 1.04 bits per heavy atom. The standard InChI is InChI=1S/C38H45Cl2N7O6/c1-6-26(48)14-25-20-46(36(50)23-9-10-23)21-28(25)42-38-41-17-24-15-27(32-33(39)29(52-4)16-30(53-5)34(32)40)37(51)47(35(24)43-38)19-22-11-13-45(18-22)31(49)8-7-12-44(2)3/h6-8,15-17,22-23,25,28H,1,9-14,18-21H2,2-5H3,(H,41,42,43)/b8-7+. The summed E-state index contributed by atoms with van der Waals surface area (Å²) in [6.45, 7) is 6.39. The van der Waals surface area contributed by atoms with Crippen molar-refractivity contribution in [3.8, 4) is 22.6 Å². The number of hydrogen-bond donors (Lipinski definition) is 1. The number of ether oxygens (including phenoxy) is 2. The SMILES string of the molecule is C=CC(=O)CC1CN(C(=O)C2CC2)CC1Nc1ncc2cc(-c3c(Cl)c(OC)cc(OC)c3Cl)c(=O)n(CC3CCN(C(=O)/C=C/CN(C)C)C3)c2n1. The minimum atomic E-state index is -0.395. The molecule has 6 rings (SSSR count). The maximum atomic E-state index is 14.6. The van der Waals surface area contributed by atoms with E-state index in [2.05, 4.69) is 16.9 Å². The van der Waals surface area contributed by atoms with Crippen LogP contribution in [-0.2, 0) is 20.9 Å². The van der Waals surface area contributed by atoms with Gasteiger partial charge in [-0.15, -0.1) is 0 Å². The van der Waals surface area contributed by atoms with E-state index in [-0.39, 0.29) is 93.0 Å². The molecule has 1 N–H and O–H groups in total. The summed E-state index contributed by atoms with van der Waals surface area (Å²) >= 11 is 13.6. The molecule has 0 radical (unpaired) electrons. The van der Waals surface area contributed by atoms with Gasteiger partial charge in [-0.2, -0.15) is 4.98 Å². The number of benzene rings is 1. The summed E-state index contributed by atoms with van der Waals surface area (Å²) < 4.78 is 12.6. The van der Waals surface area contributed by atoms with Crippen molar-refractivity contribution < 1.29 is 23.9 Å². The van der Waals surface area contributed by atoms with Crippen LogP contribution in [0.1, 0.15) is 25.7 Å².